The quantitative estimate of drug-likeness (QED) is 0.622. The fourth-order valence-corrected chi connectivity index (χ4v) is 3.21. The molecule has 0 spiro atoms. The van der Waals surface area contributed by atoms with E-state index in [1.54, 1.807) is 18.2 Å². The summed E-state index contributed by atoms with van der Waals surface area (Å²) < 4.78 is 2.00. The second-order valence-electron chi connectivity index (χ2n) is 5.13. The number of fused-ring (bicyclic) bond motifs is 1. The Labute approximate surface area is 156 Å². The molecule has 0 bridgehead atoms. The lowest BCUT2D eigenvalue weighted by Gasteiger charge is -2.05. The molecule has 0 aliphatic carbocycles. The second kappa shape index (κ2) is 8.04. The summed E-state index contributed by atoms with van der Waals surface area (Å²) >= 11 is 4.83. The van der Waals surface area contributed by atoms with Crippen molar-refractivity contribution in [3.63, 3.8) is 0 Å². The van der Waals surface area contributed by atoms with E-state index in [4.69, 9.17) is 0 Å². The van der Waals surface area contributed by atoms with Crippen LogP contribution in [0.2, 0.25) is 0 Å². The highest BCUT2D eigenvalue weighted by Gasteiger charge is 2.05. The lowest BCUT2D eigenvalue weighted by molar-refractivity contribution is -0.121. The Morgan fingerprint density at radius 2 is 1.88 bits per heavy atom. The van der Waals surface area contributed by atoms with Crippen LogP contribution >= 0.6 is 27.3 Å². The molecule has 25 heavy (non-hydrogen) atoms. The fourth-order valence-electron chi connectivity index (χ4n) is 2.07. The first-order valence-corrected chi connectivity index (χ1v) is 9.08. The number of amides is 2. The van der Waals surface area contributed by atoms with Crippen LogP contribution in [-0.2, 0) is 9.59 Å². The number of hydrogen-bond donors (Lipinski definition) is 2. The van der Waals surface area contributed by atoms with Crippen molar-refractivity contribution >= 4 is 61.1 Å². The van der Waals surface area contributed by atoms with Crippen LogP contribution in [0.15, 0.2) is 59.1 Å². The molecule has 3 rings (SSSR count). The van der Waals surface area contributed by atoms with Crippen LogP contribution in [0.3, 0.4) is 0 Å². The first-order valence-electron chi connectivity index (χ1n) is 7.47. The molecule has 2 N–H and O–H groups in total. The van der Waals surface area contributed by atoms with Crippen molar-refractivity contribution in [2.24, 2.45) is 0 Å². The molecular formula is C18H14BrN3O2S. The molecule has 2 aromatic carbocycles. The van der Waals surface area contributed by atoms with E-state index in [1.807, 2.05) is 36.4 Å². The molecule has 0 saturated carbocycles. The minimum Gasteiger partial charge on any atom is -0.343 e. The molecule has 3 aromatic rings. The Morgan fingerprint density at radius 3 is 2.64 bits per heavy atom. The van der Waals surface area contributed by atoms with Crippen molar-refractivity contribution in [3.8, 4) is 0 Å². The number of nitrogens with one attached hydrogen (secondary N) is 2. The molecule has 7 heteroatoms. The van der Waals surface area contributed by atoms with Gasteiger partial charge in [0.25, 0.3) is 0 Å². The first-order chi connectivity index (χ1) is 12.1. The highest BCUT2D eigenvalue weighted by molar-refractivity contribution is 9.10. The molecule has 1 aromatic heterocycles. The van der Waals surface area contributed by atoms with Gasteiger partial charge in [-0.3, -0.25) is 9.59 Å². The number of benzene rings is 2. The normalized spacial score (nSPS) is 10.9. The molecule has 0 fully saturated rings. The van der Waals surface area contributed by atoms with Crippen molar-refractivity contribution in [2.45, 2.75) is 0 Å². The van der Waals surface area contributed by atoms with Crippen LogP contribution in [-0.4, -0.2) is 23.3 Å². The summed E-state index contributed by atoms with van der Waals surface area (Å²) in [4.78, 5) is 28.1. The number of hydrogen-bond acceptors (Lipinski definition) is 4. The van der Waals surface area contributed by atoms with Gasteiger partial charge in [-0.2, -0.15) is 0 Å². The summed E-state index contributed by atoms with van der Waals surface area (Å²) in [5.74, 6) is -0.630. The third kappa shape index (κ3) is 4.98. The average Bonchev–Trinajstić information content (AvgIpc) is 3.03. The van der Waals surface area contributed by atoms with E-state index in [0.29, 0.717) is 5.69 Å². The molecule has 126 valence electrons. The van der Waals surface area contributed by atoms with Gasteiger partial charge in [0.1, 0.15) is 5.01 Å². The first kappa shape index (κ1) is 17.3. The van der Waals surface area contributed by atoms with Gasteiger partial charge in [0.05, 0.1) is 16.8 Å². The van der Waals surface area contributed by atoms with Crippen LogP contribution in [0, 0.1) is 0 Å². The average molecular weight is 416 g/mol. The van der Waals surface area contributed by atoms with Gasteiger partial charge in [0, 0.05) is 16.2 Å². The largest absolute Gasteiger partial charge is 0.343 e. The SMILES string of the molecule is O=C(/C=C/c1nc2ccccc2s1)NCC(=O)Nc1ccc(Br)cc1. The molecule has 0 unspecified atom stereocenters. The van der Waals surface area contributed by atoms with Gasteiger partial charge in [-0.15, -0.1) is 11.3 Å². The monoisotopic (exact) mass is 415 g/mol. The predicted molar refractivity (Wildman–Crippen MR) is 104 cm³/mol. The molecule has 1 heterocycles. The lowest BCUT2D eigenvalue weighted by Crippen LogP contribution is -2.31. The van der Waals surface area contributed by atoms with Crippen LogP contribution < -0.4 is 10.6 Å². The second-order valence-corrected chi connectivity index (χ2v) is 7.10. The standard InChI is InChI=1S/C18H14BrN3O2S/c19-12-5-7-13(8-6-12)21-17(24)11-20-16(23)9-10-18-22-14-3-1-2-4-15(14)25-18/h1-10H,11H2,(H,20,23)(H,21,24)/b10-9+. The smallest absolute Gasteiger partial charge is 0.244 e. The summed E-state index contributed by atoms with van der Waals surface area (Å²) in [5.41, 5.74) is 1.58. The molecular weight excluding hydrogens is 402 g/mol. The van der Waals surface area contributed by atoms with Gasteiger partial charge in [-0.1, -0.05) is 28.1 Å². The van der Waals surface area contributed by atoms with E-state index in [9.17, 15) is 9.59 Å². The number of rotatable bonds is 5. The number of thiazole rings is 1. The molecule has 2 amide bonds. The van der Waals surface area contributed by atoms with Crippen molar-refractivity contribution in [2.75, 3.05) is 11.9 Å². The summed E-state index contributed by atoms with van der Waals surface area (Å²) in [7, 11) is 0. The van der Waals surface area contributed by atoms with E-state index in [2.05, 4.69) is 31.5 Å². The highest BCUT2D eigenvalue weighted by atomic mass is 79.9. The summed E-state index contributed by atoms with van der Waals surface area (Å²) in [6.07, 6.45) is 3.03. The van der Waals surface area contributed by atoms with Crippen molar-refractivity contribution < 1.29 is 9.59 Å². The zero-order valence-corrected chi connectivity index (χ0v) is 15.4. The highest BCUT2D eigenvalue weighted by Crippen LogP contribution is 2.22. The van der Waals surface area contributed by atoms with Crippen LogP contribution in [0.1, 0.15) is 5.01 Å². The zero-order chi connectivity index (χ0) is 17.6. The maximum atomic E-state index is 11.8. The van der Waals surface area contributed by atoms with Crippen LogP contribution in [0.25, 0.3) is 16.3 Å². The van der Waals surface area contributed by atoms with Crippen molar-refractivity contribution in [1.82, 2.24) is 10.3 Å². The number of carbonyl (C=O) groups is 2. The van der Waals surface area contributed by atoms with Crippen molar-refractivity contribution in [1.29, 1.82) is 0 Å². The molecule has 0 atom stereocenters. The molecule has 5 nitrogen and oxygen atoms in total. The van der Waals surface area contributed by atoms with Gasteiger partial charge < -0.3 is 10.6 Å². The number of halogens is 1. The number of aromatic nitrogens is 1. The topological polar surface area (TPSA) is 71.1 Å². The minimum atomic E-state index is -0.342. The number of nitrogens with zero attached hydrogens (tertiary/aromatic N) is 1. The van der Waals surface area contributed by atoms with Crippen LogP contribution in [0.4, 0.5) is 5.69 Å². The van der Waals surface area contributed by atoms with E-state index in [1.165, 1.54) is 17.4 Å². The predicted octanol–water partition coefficient (Wildman–Crippen LogP) is 3.83. The molecule has 0 saturated heterocycles. The summed E-state index contributed by atoms with van der Waals surface area (Å²) in [5, 5.41) is 6.00. The van der Waals surface area contributed by atoms with Crippen molar-refractivity contribution in [3.05, 3.63) is 64.1 Å². The number of carbonyl (C=O) groups excluding carboxylic acids is 2. The third-order valence-corrected chi connectivity index (χ3v) is 4.77. The maximum Gasteiger partial charge on any atom is 0.244 e. The Bertz CT molecular complexity index is 902. The van der Waals surface area contributed by atoms with Gasteiger partial charge >= 0.3 is 0 Å². The zero-order valence-electron chi connectivity index (χ0n) is 13.0. The summed E-state index contributed by atoms with van der Waals surface area (Å²) in [6, 6.07) is 15.0. The Balaban J connectivity index is 1.50. The Morgan fingerprint density at radius 1 is 1.12 bits per heavy atom. The Hall–Kier alpha value is -2.51. The Kier molecular flexibility index (Phi) is 5.57. The molecule has 0 radical (unpaired) electrons. The van der Waals surface area contributed by atoms with Gasteiger partial charge in [-0.05, 0) is 42.5 Å². The fraction of sp³-hybridized carbons (Fsp3) is 0.0556. The van der Waals surface area contributed by atoms with Gasteiger partial charge in [0.2, 0.25) is 11.8 Å². The molecule has 0 aliphatic heterocycles. The summed E-state index contributed by atoms with van der Waals surface area (Å²) in [6.45, 7) is -0.0981. The third-order valence-electron chi connectivity index (χ3n) is 3.24. The minimum absolute atomic E-state index is 0.0981. The number of para-hydroxylation sites is 1. The van der Waals surface area contributed by atoms with E-state index >= 15 is 0 Å². The van der Waals surface area contributed by atoms with E-state index < -0.39 is 0 Å². The van der Waals surface area contributed by atoms with Crippen LogP contribution in [0.5, 0.6) is 0 Å². The van der Waals surface area contributed by atoms with Gasteiger partial charge in [-0.25, -0.2) is 4.98 Å². The van der Waals surface area contributed by atoms with E-state index in [-0.39, 0.29) is 18.4 Å². The lowest BCUT2D eigenvalue weighted by atomic mass is 10.3. The maximum absolute atomic E-state index is 11.8. The van der Waals surface area contributed by atoms with E-state index in [0.717, 1.165) is 19.7 Å². The van der Waals surface area contributed by atoms with Gasteiger partial charge in [0.15, 0.2) is 0 Å². The molecule has 0 aliphatic rings. The number of anilines is 1.